The number of quaternary nitrogens is 1. The van der Waals surface area contributed by atoms with Gasteiger partial charge in [0.05, 0.1) is 40.3 Å². The zero-order valence-corrected chi connectivity index (χ0v) is 58.8. The molecule has 0 heterocycles. The second-order valence-electron chi connectivity index (χ2n) is 23.7. The molecule has 0 aromatic carbocycles. The highest BCUT2D eigenvalue weighted by Crippen LogP contribution is 2.13. The number of hydrogen-bond donors (Lipinski definition) is 0. The summed E-state index contributed by atoms with van der Waals surface area (Å²) in [5.74, 6) is -2.38. The lowest BCUT2D eigenvalue weighted by Gasteiger charge is -2.26. The lowest BCUT2D eigenvalue weighted by molar-refractivity contribution is -0.870. The molecule has 9 nitrogen and oxygen atoms in total. The first-order valence-electron chi connectivity index (χ1n) is 35.5. The molecule has 0 bridgehead atoms. The Morgan fingerprint density at radius 3 is 0.871 bits per heavy atom. The van der Waals surface area contributed by atoms with Crippen LogP contribution in [0.4, 0.5) is 0 Å². The number of allylic oxidation sites excluding steroid dienone is 38. The Morgan fingerprint density at radius 2 is 0.581 bits per heavy atom. The fourth-order valence-electron chi connectivity index (χ4n) is 8.55. The van der Waals surface area contributed by atoms with Gasteiger partial charge in [0.1, 0.15) is 13.2 Å². The molecule has 0 aliphatic heterocycles. The van der Waals surface area contributed by atoms with Gasteiger partial charge in [-0.25, -0.2) is 0 Å². The van der Waals surface area contributed by atoms with Crippen molar-refractivity contribution < 1.29 is 42.9 Å². The van der Waals surface area contributed by atoms with Gasteiger partial charge in [0.2, 0.25) is 0 Å². The number of carbonyl (C=O) groups excluding carboxylic acids is 3. The molecule has 0 aromatic rings. The van der Waals surface area contributed by atoms with Crippen molar-refractivity contribution in [3.63, 3.8) is 0 Å². The minimum Gasteiger partial charge on any atom is -0.545 e. The molecule has 93 heavy (non-hydrogen) atoms. The van der Waals surface area contributed by atoms with E-state index in [1.165, 1.54) is 0 Å². The van der Waals surface area contributed by atoms with E-state index in [1.54, 1.807) is 0 Å². The number of carboxylic acids is 1. The third kappa shape index (κ3) is 72.6. The van der Waals surface area contributed by atoms with Crippen molar-refractivity contribution in [3.8, 4) is 0 Å². The summed E-state index contributed by atoms with van der Waals surface area (Å²) in [6, 6.07) is 0. The number of rotatable bonds is 62. The third-order valence-corrected chi connectivity index (χ3v) is 13.9. The predicted octanol–water partition coefficient (Wildman–Crippen LogP) is 21.3. The molecule has 9 heteroatoms. The molecular weight excluding hydrogens is 1150 g/mol. The Morgan fingerprint density at radius 1 is 0.323 bits per heavy atom. The van der Waals surface area contributed by atoms with Crippen LogP contribution in [0.3, 0.4) is 0 Å². The molecule has 516 valence electrons. The van der Waals surface area contributed by atoms with Crippen molar-refractivity contribution >= 4 is 17.9 Å². The van der Waals surface area contributed by atoms with Crippen LogP contribution in [0.2, 0.25) is 0 Å². The molecule has 0 radical (unpaired) electrons. The van der Waals surface area contributed by atoms with Gasteiger partial charge in [0.15, 0.2) is 12.4 Å². The first-order valence-corrected chi connectivity index (χ1v) is 35.5. The van der Waals surface area contributed by atoms with E-state index in [9.17, 15) is 19.5 Å². The number of aliphatic carboxylic acids is 1. The molecule has 0 N–H and O–H groups in total. The number of likely N-dealkylation sites (N-methyl/N-ethyl adjacent to an activating group) is 1. The number of carboxylic acid groups (broad SMARTS) is 1. The van der Waals surface area contributed by atoms with E-state index in [1.807, 2.05) is 21.1 Å². The van der Waals surface area contributed by atoms with E-state index in [0.29, 0.717) is 23.9 Å². The summed E-state index contributed by atoms with van der Waals surface area (Å²) in [5, 5.41) is 11.8. The van der Waals surface area contributed by atoms with Gasteiger partial charge in [-0.2, -0.15) is 0 Å². The van der Waals surface area contributed by atoms with Crippen molar-refractivity contribution in [3.05, 3.63) is 231 Å². The maximum Gasteiger partial charge on any atom is 0.306 e. The van der Waals surface area contributed by atoms with E-state index in [4.69, 9.17) is 18.9 Å². The largest absolute Gasteiger partial charge is 0.545 e. The van der Waals surface area contributed by atoms with E-state index in [-0.39, 0.29) is 32.7 Å². The molecular formula is C84H127NO8. The fourth-order valence-corrected chi connectivity index (χ4v) is 8.55. The number of unbranched alkanes of at least 4 members (excludes halogenated alkanes) is 9. The lowest BCUT2D eigenvalue weighted by Crippen LogP contribution is -2.44. The average Bonchev–Trinajstić information content (AvgIpc) is 3.73. The normalized spacial score (nSPS) is 14.1. The zero-order valence-electron chi connectivity index (χ0n) is 58.8. The summed E-state index contributed by atoms with van der Waals surface area (Å²) in [7, 11) is 5.89. The summed E-state index contributed by atoms with van der Waals surface area (Å²) in [6.07, 6.45) is 111. The maximum atomic E-state index is 12.9. The molecule has 0 spiro atoms. The molecule has 0 aliphatic carbocycles. The van der Waals surface area contributed by atoms with E-state index in [0.717, 1.165) is 180 Å². The quantitative estimate of drug-likeness (QED) is 0.0195. The van der Waals surface area contributed by atoms with Gasteiger partial charge < -0.3 is 33.3 Å². The molecule has 0 amide bonds. The van der Waals surface area contributed by atoms with Crippen molar-refractivity contribution in [1.29, 1.82) is 0 Å². The highest BCUT2D eigenvalue weighted by molar-refractivity contribution is 5.70. The topological polar surface area (TPSA) is 111 Å². The van der Waals surface area contributed by atoms with Gasteiger partial charge in [0, 0.05) is 12.8 Å². The van der Waals surface area contributed by atoms with Crippen LogP contribution in [0, 0.1) is 0 Å². The third-order valence-electron chi connectivity index (χ3n) is 13.9. The average molecular weight is 1280 g/mol. The van der Waals surface area contributed by atoms with Gasteiger partial charge in [0.25, 0.3) is 0 Å². The van der Waals surface area contributed by atoms with E-state index in [2.05, 4.69) is 245 Å². The van der Waals surface area contributed by atoms with E-state index >= 15 is 0 Å². The van der Waals surface area contributed by atoms with Crippen molar-refractivity contribution in [2.45, 2.75) is 232 Å². The molecule has 0 aliphatic rings. The molecule has 0 aromatic heterocycles. The van der Waals surface area contributed by atoms with Crippen LogP contribution in [0.5, 0.6) is 0 Å². The van der Waals surface area contributed by atoms with Crippen LogP contribution >= 0.6 is 0 Å². The van der Waals surface area contributed by atoms with Gasteiger partial charge >= 0.3 is 11.9 Å². The number of esters is 2. The smallest absolute Gasteiger partial charge is 0.306 e. The highest BCUT2D eigenvalue weighted by atomic mass is 16.7. The number of hydrogen-bond acceptors (Lipinski definition) is 8. The van der Waals surface area contributed by atoms with Crippen LogP contribution in [0.25, 0.3) is 0 Å². The van der Waals surface area contributed by atoms with Crippen LogP contribution in [-0.4, -0.2) is 82.3 Å². The van der Waals surface area contributed by atoms with Gasteiger partial charge in [-0.3, -0.25) is 9.59 Å². The SMILES string of the molecule is CC/C=C\C/C=C\C/C=C\C/C=C\C/C=C\C/C=C\C/C=C\C/C=C\C/C=C\C/C=C\C/C=C\CCCCCC(=O)OC(COC(=O)CCCCCCCC/C=C\C/C=C\C/C=C\C/C=C\C/C=C\C/C=C\C/C=C\C/C=C\CC)COC(OCC[N+](C)(C)C)C(=O)[O-]. The first-order chi connectivity index (χ1) is 45.6. The molecule has 0 fully saturated rings. The fraction of sp³-hybridized carbons (Fsp3) is 0.512. The van der Waals surface area contributed by atoms with Crippen molar-refractivity contribution in [2.24, 2.45) is 0 Å². The van der Waals surface area contributed by atoms with Crippen LogP contribution < -0.4 is 5.11 Å². The van der Waals surface area contributed by atoms with E-state index < -0.39 is 30.3 Å². The number of ether oxygens (including phenoxy) is 4. The Bertz CT molecular complexity index is 2380. The second kappa shape index (κ2) is 71.2. The van der Waals surface area contributed by atoms with Crippen molar-refractivity contribution in [2.75, 3.05) is 47.5 Å². The second-order valence-corrected chi connectivity index (χ2v) is 23.7. The summed E-state index contributed by atoms with van der Waals surface area (Å²) >= 11 is 0. The van der Waals surface area contributed by atoms with Gasteiger partial charge in [-0.15, -0.1) is 0 Å². The van der Waals surface area contributed by atoms with Crippen LogP contribution in [-0.2, 0) is 33.3 Å². The minimum atomic E-state index is -1.65. The Balaban J connectivity index is 4.33. The molecule has 0 saturated carbocycles. The standard InChI is InChI=1S/C84H127NO8/c1-6-8-10-12-14-16-18-20-22-24-26-28-30-32-34-36-38-39-40-41-42-43-45-47-49-51-53-55-57-59-61-63-65-67-69-71-73-75-82(87)93-80(79-92-84(83(88)89)90-77-76-85(3,4)5)78-91-81(86)74-72-70-68-66-64-62-60-58-56-54-52-50-48-46-44-37-35-33-31-29-27-25-23-21-19-17-15-13-11-9-7-2/h8-11,14-17,20-23,26-29,32-35,38-39,41-42,44-47,50-53,56-59,63,65,80,84H,6-7,12-13,18-19,24-25,30-31,36-37,40,43,48-49,54-55,60-62,64,66-79H2,1-5H3/b10-8-,11-9-,16-14-,17-15-,22-20-,23-21-,28-26-,29-27-,34-32-,35-33-,39-38-,42-41-,46-44-,47-45-,52-50-,53-51-,58-56-,59-57-,65-63-. The summed E-state index contributed by atoms with van der Waals surface area (Å²) < 4.78 is 22.7. The lowest BCUT2D eigenvalue weighted by atomic mass is 10.1. The molecule has 2 atom stereocenters. The van der Waals surface area contributed by atoms with Crippen LogP contribution in [0.1, 0.15) is 219 Å². The summed E-state index contributed by atoms with van der Waals surface area (Å²) in [5.41, 5.74) is 0. The number of nitrogens with zero attached hydrogens (tertiary/aromatic N) is 1. The molecule has 2 unspecified atom stereocenters. The van der Waals surface area contributed by atoms with Gasteiger partial charge in [-0.05, 0) is 161 Å². The Labute approximate surface area is 568 Å². The highest BCUT2D eigenvalue weighted by Gasteiger charge is 2.22. The molecule has 0 saturated heterocycles. The Hall–Kier alpha value is -6.65. The minimum absolute atomic E-state index is 0.124. The summed E-state index contributed by atoms with van der Waals surface area (Å²) in [6.45, 7) is 4.42. The zero-order chi connectivity index (χ0) is 67.5. The predicted molar refractivity (Wildman–Crippen MR) is 397 cm³/mol. The monoisotopic (exact) mass is 1280 g/mol. The van der Waals surface area contributed by atoms with Gasteiger partial charge in [-0.1, -0.05) is 277 Å². The van der Waals surface area contributed by atoms with Crippen LogP contribution in [0.15, 0.2) is 231 Å². The van der Waals surface area contributed by atoms with Crippen molar-refractivity contribution in [1.82, 2.24) is 0 Å². The first kappa shape index (κ1) is 86.4. The summed E-state index contributed by atoms with van der Waals surface area (Å²) in [4.78, 5) is 37.5. The number of carbonyl (C=O) groups is 3. The molecule has 0 rings (SSSR count). The Kier molecular flexibility index (Phi) is 66.1. The maximum absolute atomic E-state index is 12.9.